The first kappa shape index (κ1) is 12.4. The molecule has 2 aromatic rings. The van der Waals surface area contributed by atoms with Gasteiger partial charge in [0.2, 0.25) is 0 Å². The molecule has 2 aromatic carbocycles. The quantitative estimate of drug-likeness (QED) is 0.866. The highest BCUT2D eigenvalue weighted by atomic mass is 14.9. The molecule has 0 amide bonds. The summed E-state index contributed by atoms with van der Waals surface area (Å²) in [4.78, 5) is 0. The number of nitrogens with one attached hydrogen (secondary N) is 1. The fourth-order valence-corrected chi connectivity index (χ4v) is 2.92. The highest BCUT2D eigenvalue weighted by Gasteiger charge is 2.25. The first-order chi connectivity index (χ1) is 9.24. The number of fused-ring (bicyclic) bond motifs is 1. The smallest absolute Gasteiger partial charge is 0.0292 e. The van der Waals surface area contributed by atoms with Crippen molar-refractivity contribution in [2.45, 2.75) is 32.2 Å². The van der Waals surface area contributed by atoms with Crippen molar-refractivity contribution in [1.82, 2.24) is 5.32 Å². The first-order valence-electron chi connectivity index (χ1n) is 7.12. The van der Waals surface area contributed by atoms with E-state index in [2.05, 4.69) is 67.7 Å². The van der Waals surface area contributed by atoms with Crippen LogP contribution in [0.1, 0.15) is 41.1 Å². The zero-order valence-electron chi connectivity index (χ0n) is 11.7. The number of hydrogen-bond acceptors (Lipinski definition) is 1. The van der Waals surface area contributed by atoms with Gasteiger partial charge in [0.25, 0.3) is 0 Å². The van der Waals surface area contributed by atoms with E-state index in [0.717, 1.165) is 6.54 Å². The summed E-state index contributed by atoms with van der Waals surface area (Å²) in [6.07, 6.45) is 1.23. The number of benzene rings is 2. The van der Waals surface area contributed by atoms with Gasteiger partial charge in [0.1, 0.15) is 0 Å². The Kier molecular flexibility index (Phi) is 3.39. The third-order valence-electron chi connectivity index (χ3n) is 4.17. The van der Waals surface area contributed by atoms with Crippen molar-refractivity contribution in [2.24, 2.45) is 0 Å². The van der Waals surface area contributed by atoms with Crippen LogP contribution in [0.5, 0.6) is 0 Å². The summed E-state index contributed by atoms with van der Waals surface area (Å²) in [5, 5.41) is 3.67. The van der Waals surface area contributed by atoms with Crippen LogP contribution in [-0.4, -0.2) is 6.54 Å². The lowest BCUT2D eigenvalue weighted by Crippen LogP contribution is -2.30. The minimum absolute atomic E-state index is 0.424. The molecule has 0 radical (unpaired) electrons. The van der Waals surface area contributed by atoms with Crippen LogP contribution in [-0.2, 0) is 6.42 Å². The van der Waals surface area contributed by atoms with E-state index in [1.54, 1.807) is 0 Å². The highest BCUT2D eigenvalue weighted by molar-refractivity contribution is 5.40. The van der Waals surface area contributed by atoms with Crippen molar-refractivity contribution in [3.63, 3.8) is 0 Å². The fraction of sp³-hybridized carbons (Fsp3) is 0.333. The number of rotatable bonds is 4. The maximum Gasteiger partial charge on any atom is 0.0292 e. The normalized spacial score (nSPS) is 18.5. The lowest BCUT2D eigenvalue weighted by atomic mass is 9.77. The minimum atomic E-state index is 0.424. The average Bonchev–Trinajstić information content (AvgIpc) is 2.39. The van der Waals surface area contributed by atoms with Crippen molar-refractivity contribution < 1.29 is 0 Å². The summed E-state index contributed by atoms with van der Waals surface area (Å²) in [5.74, 6) is 0.698. The van der Waals surface area contributed by atoms with E-state index < -0.39 is 0 Å². The fourth-order valence-electron chi connectivity index (χ4n) is 2.92. The van der Waals surface area contributed by atoms with Gasteiger partial charge in [-0.2, -0.15) is 0 Å². The van der Waals surface area contributed by atoms with Crippen LogP contribution in [0.3, 0.4) is 0 Å². The summed E-state index contributed by atoms with van der Waals surface area (Å²) in [6, 6.07) is 18.0. The molecular weight excluding hydrogens is 230 g/mol. The summed E-state index contributed by atoms with van der Waals surface area (Å²) in [7, 11) is 0. The summed E-state index contributed by atoms with van der Waals surface area (Å²) in [6.45, 7) is 5.48. The SMILES string of the molecule is Cc1cccc([C@@H](C)NCC2Cc3ccccc32)c1. The molecule has 0 heterocycles. The Morgan fingerprint density at radius 3 is 2.79 bits per heavy atom. The Morgan fingerprint density at radius 2 is 2.00 bits per heavy atom. The van der Waals surface area contributed by atoms with Crippen molar-refractivity contribution in [3.8, 4) is 0 Å². The molecule has 98 valence electrons. The van der Waals surface area contributed by atoms with Crippen LogP contribution in [0, 0.1) is 6.92 Å². The maximum absolute atomic E-state index is 3.67. The second kappa shape index (κ2) is 5.18. The molecule has 1 aliphatic carbocycles. The Morgan fingerprint density at radius 1 is 1.16 bits per heavy atom. The molecule has 0 aliphatic heterocycles. The molecule has 0 fully saturated rings. The molecule has 1 nitrogen and oxygen atoms in total. The molecular formula is C18H21N. The predicted molar refractivity (Wildman–Crippen MR) is 80.5 cm³/mol. The van der Waals surface area contributed by atoms with Crippen molar-refractivity contribution in [1.29, 1.82) is 0 Å². The Balaban J connectivity index is 1.59. The molecule has 0 bridgehead atoms. The van der Waals surface area contributed by atoms with Crippen LogP contribution in [0.2, 0.25) is 0 Å². The molecule has 0 aromatic heterocycles. The standard InChI is InChI=1S/C18H21N/c1-13-6-5-8-15(10-13)14(2)19-12-17-11-16-7-3-4-9-18(16)17/h3-10,14,17,19H,11-12H2,1-2H3/t14-,17?/m1/s1. The molecule has 0 saturated carbocycles. The molecule has 19 heavy (non-hydrogen) atoms. The molecule has 1 unspecified atom stereocenters. The summed E-state index contributed by atoms with van der Waals surface area (Å²) in [5.41, 5.74) is 5.77. The van der Waals surface area contributed by atoms with Crippen LogP contribution < -0.4 is 5.32 Å². The van der Waals surface area contributed by atoms with Gasteiger partial charge in [0.05, 0.1) is 0 Å². The van der Waals surface area contributed by atoms with E-state index in [9.17, 15) is 0 Å². The van der Waals surface area contributed by atoms with E-state index >= 15 is 0 Å². The van der Waals surface area contributed by atoms with Crippen molar-refractivity contribution >= 4 is 0 Å². The molecule has 3 rings (SSSR count). The number of aryl methyl sites for hydroxylation is 1. The molecule has 2 atom stereocenters. The molecule has 0 saturated heterocycles. The van der Waals surface area contributed by atoms with Crippen LogP contribution in [0.25, 0.3) is 0 Å². The van der Waals surface area contributed by atoms with Gasteiger partial charge in [-0.15, -0.1) is 0 Å². The van der Waals surface area contributed by atoms with Gasteiger partial charge in [-0.3, -0.25) is 0 Å². The third kappa shape index (κ3) is 2.57. The van der Waals surface area contributed by atoms with E-state index in [0.29, 0.717) is 12.0 Å². The topological polar surface area (TPSA) is 12.0 Å². The van der Waals surface area contributed by atoms with Crippen LogP contribution in [0.4, 0.5) is 0 Å². The largest absolute Gasteiger partial charge is 0.310 e. The highest BCUT2D eigenvalue weighted by Crippen LogP contribution is 2.34. The second-order valence-corrected chi connectivity index (χ2v) is 5.64. The zero-order chi connectivity index (χ0) is 13.2. The lowest BCUT2D eigenvalue weighted by Gasteiger charge is -2.31. The third-order valence-corrected chi connectivity index (χ3v) is 4.17. The van der Waals surface area contributed by atoms with Gasteiger partial charge in [-0.1, -0.05) is 54.1 Å². The van der Waals surface area contributed by atoms with Crippen LogP contribution >= 0.6 is 0 Å². The van der Waals surface area contributed by atoms with Gasteiger partial charge >= 0.3 is 0 Å². The molecule has 1 heteroatoms. The van der Waals surface area contributed by atoms with Gasteiger partial charge < -0.3 is 5.32 Å². The monoisotopic (exact) mass is 251 g/mol. The van der Waals surface area contributed by atoms with E-state index in [-0.39, 0.29) is 0 Å². The molecule has 1 aliphatic rings. The van der Waals surface area contributed by atoms with Crippen molar-refractivity contribution in [2.75, 3.05) is 6.54 Å². The second-order valence-electron chi connectivity index (χ2n) is 5.64. The Bertz CT molecular complexity index is 573. The summed E-state index contributed by atoms with van der Waals surface area (Å²) >= 11 is 0. The summed E-state index contributed by atoms with van der Waals surface area (Å²) < 4.78 is 0. The van der Waals surface area contributed by atoms with Gasteiger partial charge in [0.15, 0.2) is 0 Å². The minimum Gasteiger partial charge on any atom is -0.310 e. The van der Waals surface area contributed by atoms with Crippen molar-refractivity contribution in [3.05, 3.63) is 70.8 Å². The first-order valence-corrected chi connectivity index (χ1v) is 7.12. The Labute approximate surface area is 115 Å². The Hall–Kier alpha value is -1.60. The predicted octanol–water partition coefficient (Wildman–Crippen LogP) is 3.99. The maximum atomic E-state index is 3.67. The van der Waals surface area contributed by atoms with Gasteiger partial charge in [-0.05, 0) is 37.0 Å². The van der Waals surface area contributed by atoms with Gasteiger partial charge in [-0.25, -0.2) is 0 Å². The average molecular weight is 251 g/mol. The van der Waals surface area contributed by atoms with E-state index in [1.807, 2.05) is 0 Å². The van der Waals surface area contributed by atoms with Gasteiger partial charge in [0, 0.05) is 18.5 Å². The van der Waals surface area contributed by atoms with Crippen LogP contribution in [0.15, 0.2) is 48.5 Å². The lowest BCUT2D eigenvalue weighted by molar-refractivity contribution is 0.489. The zero-order valence-corrected chi connectivity index (χ0v) is 11.7. The molecule has 0 spiro atoms. The van der Waals surface area contributed by atoms with E-state index in [4.69, 9.17) is 0 Å². The van der Waals surface area contributed by atoms with E-state index in [1.165, 1.54) is 28.7 Å². The number of hydrogen-bond donors (Lipinski definition) is 1. The molecule has 1 N–H and O–H groups in total.